The van der Waals surface area contributed by atoms with Crippen molar-refractivity contribution in [2.24, 2.45) is 0 Å². The van der Waals surface area contributed by atoms with E-state index in [1.54, 1.807) is 19.1 Å². The molecule has 0 saturated carbocycles. The first-order valence-corrected chi connectivity index (χ1v) is 7.77. The fourth-order valence-corrected chi connectivity index (χ4v) is 2.65. The Morgan fingerprint density at radius 1 is 1.40 bits per heavy atom. The molecule has 0 radical (unpaired) electrons. The normalized spacial score (nSPS) is 10.9. The predicted octanol–water partition coefficient (Wildman–Crippen LogP) is 0.654. The molecule has 0 atom stereocenters. The lowest BCUT2D eigenvalue weighted by atomic mass is 10.1. The smallest absolute Gasteiger partial charge is 0.240 e. The molecule has 5 nitrogen and oxygen atoms in total. The standard InChI is InChI=1S/C14H19NO4S/c1-3-19-10-8-15-20(17,18)14-7-6-13(5-4-9-16)12(2)11-14/h6-7,11,15-16H,3,8-10H2,1-2H3. The topological polar surface area (TPSA) is 75.6 Å². The molecule has 0 unspecified atom stereocenters. The van der Waals surface area contributed by atoms with E-state index in [4.69, 9.17) is 9.84 Å². The number of ether oxygens (including phenoxy) is 1. The highest BCUT2D eigenvalue weighted by atomic mass is 32.2. The molecule has 0 amide bonds. The van der Waals surface area contributed by atoms with Gasteiger partial charge in [0.15, 0.2) is 0 Å². The minimum Gasteiger partial charge on any atom is -0.384 e. The third-order valence-corrected chi connectivity index (χ3v) is 4.01. The summed E-state index contributed by atoms with van der Waals surface area (Å²) in [5, 5.41) is 8.65. The second kappa shape index (κ2) is 8.02. The first-order valence-electron chi connectivity index (χ1n) is 6.29. The Balaban J connectivity index is 2.83. The summed E-state index contributed by atoms with van der Waals surface area (Å²) in [5.74, 6) is 5.30. The molecule has 0 aliphatic heterocycles. The maximum Gasteiger partial charge on any atom is 0.240 e. The molecule has 0 aliphatic carbocycles. The fourth-order valence-electron chi connectivity index (χ4n) is 1.55. The molecule has 1 aromatic carbocycles. The summed E-state index contributed by atoms with van der Waals surface area (Å²) >= 11 is 0. The number of nitrogens with one attached hydrogen (secondary N) is 1. The molecule has 0 saturated heterocycles. The highest BCUT2D eigenvalue weighted by Crippen LogP contribution is 2.14. The first kappa shape index (κ1) is 16.7. The summed E-state index contributed by atoms with van der Waals surface area (Å²) in [5.41, 5.74) is 1.45. The second-order valence-electron chi connectivity index (χ2n) is 4.03. The number of aryl methyl sites for hydroxylation is 1. The Hall–Kier alpha value is -1.39. The molecule has 6 heteroatoms. The van der Waals surface area contributed by atoms with Gasteiger partial charge in [-0.25, -0.2) is 13.1 Å². The third-order valence-electron chi connectivity index (χ3n) is 2.55. The van der Waals surface area contributed by atoms with E-state index in [9.17, 15) is 8.42 Å². The quantitative estimate of drug-likeness (QED) is 0.597. The van der Waals surface area contributed by atoms with Gasteiger partial charge in [0.1, 0.15) is 6.61 Å². The molecule has 0 fully saturated rings. The van der Waals surface area contributed by atoms with Gasteiger partial charge >= 0.3 is 0 Å². The number of benzene rings is 1. The summed E-state index contributed by atoms with van der Waals surface area (Å²) in [4.78, 5) is 0.195. The summed E-state index contributed by atoms with van der Waals surface area (Å²) in [7, 11) is -3.53. The van der Waals surface area contributed by atoms with Crippen LogP contribution in [-0.2, 0) is 14.8 Å². The number of sulfonamides is 1. The summed E-state index contributed by atoms with van der Waals surface area (Å²) < 4.78 is 31.6. The highest BCUT2D eigenvalue weighted by molar-refractivity contribution is 7.89. The summed E-state index contributed by atoms with van der Waals surface area (Å²) in [6.07, 6.45) is 0. The van der Waals surface area contributed by atoms with Crippen LogP contribution in [0.25, 0.3) is 0 Å². The second-order valence-corrected chi connectivity index (χ2v) is 5.80. The van der Waals surface area contributed by atoms with E-state index in [2.05, 4.69) is 16.6 Å². The van der Waals surface area contributed by atoms with Gasteiger partial charge < -0.3 is 9.84 Å². The molecule has 1 aromatic rings. The minimum atomic E-state index is -3.53. The third kappa shape index (κ3) is 4.94. The molecule has 1 rings (SSSR count). The lowest BCUT2D eigenvalue weighted by Gasteiger charge is -2.08. The van der Waals surface area contributed by atoms with Crippen LogP contribution in [0.15, 0.2) is 23.1 Å². The lowest BCUT2D eigenvalue weighted by molar-refractivity contribution is 0.153. The van der Waals surface area contributed by atoms with Crippen molar-refractivity contribution in [3.63, 3.8) is 0 Å². The van der Waals surface area contributed by atoms with Crippen molar-refractivity contribution in [1.29, 1.82) is 0 Å². The maximum absolute atomic E-state index is 12.0. The zero-order chi connectivity index (χ0) is 15.0. The van der Waals surface area contributed by atoms with E-state index in [0.29, 0.717) is 18.8 Å². The van der Waals surface area contributed by atoms with E-state index >= 15 is 0 Å². The number of hydrogen-bond donors (Lipinski definition) is 2. The Bertz CT molecular complexity index is 599. The summed E-state index contributed by atoms with van der Waals surface area (Å²) in [6.45, 7) is 4.54. The van der Waals surface area contributed by atoms with Crippen LogP contribution in [-0.4, -0.2) is 39.9 Å². The maximum atomic E-state index is 12.0. The molecule has 0 heterocycles. The number of aliphatic hydroxyl groups is 1. The van der Waals surface area contributed by atoms with E-state index in [-0.39, 0.29) is 18.0 Å². The highest BCUT2D eigenvalue weighted by Gasteiger charge is 2.14. The molecular formula is C14H19NO4S. The zero-order valence-corrected chi connectivity index (χ0v) is 12.5. The summed E-state index contributed by atoms with van der Waals surface area (Å²) in [6, 6.07) is 4.69. The van der Waals surface area contributed by atoms with E-state index in [1.165, 1.54) is 6.07 Å². The number of rotatable bonds is 6. The van der Waals surface area contributed by atoms with Gasteiger partial charge in [-0.1, -0.05) is 11.8 Å². The molecule has 110 valence electrons. The van der Waals surface area contributed by atoms with Crippen LogP contribution in [0.1, 0.15) is 18.1 Å². The van der Waals surface area contributed by atoms with Crippen LogP contribution in [0.3, 0.4) is 0 Å². The van der Waals surface area contributed by atoms with Gasteiger partial charge in [0.05, 0.1) is 11.5 Å². The Morgan fingerprint density at radius 2 is 2.15 bits per heavy atom. The lowest BCUT2D eigenvalue weighted by Crippen LogP contribution is -2.27. The molecule has 2 N–H and O–H groups in total. The van der Waals surface area contributed by atoms with Gasteiger partial charge in [-0.3, -0.25) is 0 Å². The van der Waals surface area contributed by atoms with Crippen LogP contribution >= 0.6 is 0 Å². The molecule has 0 spiro atoms. The Kier molecular flexibility index (Phi) is 6.68. The minimum absolute atomic E-state index is 0.195. The van der Waals surface area contributed by atoms with Crippen molar-refractivity contribution in [1.82, 2.24) is 4.72 Å². The Morgan fingerprint density at radius 3 is 2.75 bits per heavy atom. The van der Waals surface area contributed by atoms with Crippen LogP contribution in [0, 0.1) is 18.8 Å². The molecule has 0 aromatic heterocycles. The number of aliphatic hydroxyl groups excluding tert-OH is 1. The van der Waals surface area contributed by atoms with Crippen molar-refractivity contribution in [3.8, 4) is 11.8 Å². The molecule has 20 heavy (non-hydrogen) atoms. The average molecular weight is 297 g/mol. The van der Waals surface area contributed by atoms with Crippen LogP contribution in [0.2, 0.25) is 0 Å². The van der Waals surface area contributed by atoms with E-state index in [1.807, 2.05) is 6.92 Å². The SMILES string of the molecule is CCOCCNS(=O)(=O)c1ccc(C#CCO)c(C)c1. The van der Waals surface area contributed by atoms with Gasteiger partial charge in [-0.05, 0) is 37.6 Å². The number of hydrogen-bond acceptors (Lipinski definition) is 4. The van der Waals surface area contributed by atoms with Crippen molar-refractivity contribution in [2.75, 3.05) is 26.4 Å². The van der Waals surface area contributed by atoms with E-state index in [0.717, 1.165) is 5.56 Å². The van der Waals surface area contributed by atoms with Crippen LogP contribution < -0.4 is 4.72 Å². The monoisotopic (exact) mass is 297 g/mol. The first-order chi connectivity index (χ1) is 9.51. The van der Waals surface area contributed by atoms with Gasteiger partial charge in [-0.2, -0.15) is 0 Å². The van der Waals surface area contributed by atoms with E-state index < -0.39 is 10.0 Å². The largest absolute Gasteiger partial charge is 0.384 e. The van der Waals surface area contributed by atoms with Crippen molar-refractivity contribution < 1.29 is 18.3 Å². The van der Waals surface area contributed by atoms with Crippen LogP contribution in [0.5, 0.6) is 0 Å². The van der Waals surface area contributed by atoms with Crippen molar-refractivity contribution in [2.45, 2.75) is 18.7 Å². The van der Waals surface area contributed by atoms with Gasteiger partial charge in [0.25, 0.3) is 0 Å². The molecule has 0 bridgehead atoms. The van der Waals surface area contributed by atoms with Gasteiger partial charge in [-0.15, -0.1) is 0 Å². The Labute approximate surface area is 120 Å². The predicted molar refractivity (Wildman–Crippen MR) is 76.8 cm³/mol. The molecular weight excluding hydrogens is 278 g/mol. The van der Waals surface area contributed by atoms with Gasteiger partial charge in [0.2, 0.25) is 10.0 Å². The van der Waals surface area contributed by atoms with Crippen molar-refractivity contribution in [3.05, 3.63) is 29.3 Å². The van der Waals surface area contributed by atoms with Gasteiger partial charge in [0, 0.05) is 18.7 Å². The van der Waals surface area contributed by atoms with Crippen molar-refractivity contribution >= 4 is 10.0 Å². The van der Waals surface area contributed by atoms with Crippen LogP contribution in [0.4, 0.5) is 0 Å². The molecule has 0 aliphatic rings. The average Bonchev–Trinajstić information content (AvgIpc) is 2.42. The fraction of sp³-hybridized carbons (Fsp3) is 0.429. The zero-order valence-electron chi connectivity index (χ0n) is 11.6.